The maximum Gasteiger partial charge on any atom is 0.337 e. The fourth-order valence-electron chi connectivity index (χ4n) is 10.4. The second-order valence-electron chi connectivity index (χ2n) is 17.8. The molecule has 58 heavy (non-hydrogen) atoms. The molecule has 5 atom stereocenters. The van der Waals surface area contributed by atoms with Crippen molar-refractivity contribution in [1.29, 1.82) is 0 Å². The van der Waals surface area contributed by atoms with Gasteiger partial charge < -0.3 is 18.8 Å². The van der Waals surface area contributed by atoms with E-state index in [0.29, 0.717) is 59.9 Å². The molecule has 0 N–H and O–H groups in total. The van der Waals surface area contributed by atoms with Gasteiger partial charge >= 0.3 is 5.97 Å². The summed E-state index contributed by atoms with van der Waals surface area (Å²) in [5.74, 6) is 1.11. The molecule has 1 saturated carbocycles. The van der Waals surface area contributed by atoms with Gasteiger partial charge in [-0.25, -0.2) is 23.2 Å². The number of carbonyl (C=O) groups is 1. The average molecular weight is 851 g/mol. The SMILES string of the molecule is CC[C@H](CC[C@@H](/C=C/[C@@H]1CC[C@H]1CN1CC2(CCCc3cc(Cl)ccc32)COc2ccc(C(=O)OC)cc21)O[Si](C(C)C)(C(C)C)C(C)C)S(=O)(=O)c1ncccn1. The molecule has 0 saturated heterocycles. The molecule has 2 aromatic carbocycles. The van der Waals surface area contributed by atoms with Crippen LogP contribution in [0.2, 0.25) is 21.6 Å². The van der Waals surface area contributed by atoms with Crippen molar-refractivity contribution < 1.29 is 27.1 Å². The van der Waals surface area contributed by atoms with Crippen LogP contribution < -0.4 is 9.64 Å². The lowest BCUT2D eigenvalue weighted by molar-refractivity contribution is 0.0600. The first kappa shape index (κ1) is 44.3. The molecule has 3 aromatic rings. The minimum Gasteiger partial charge on any atom is -0.490 e. The van der Waals surface area contributed by atoms with Crippen molar-refractivity contribution in [3.8, 4) is 5.75 Å². The number of esters is 1. The van der Waals surface area contributed by atoms with Crippen LogP contribution in [-0.2, 0) is 30.8 Å². The molecule has 1 fully saturated rings. The molecule has 1 aliphatic heterocycles. The van der Waals surface area contributed by atoms with Crippen LogP contribution in [0.1, 0.15) is 115 Å². The van der Waals surface area contributed by atoms with Crippen molar-refractivity contribution in [2.45, 2.75) is 138 Å². The summed E-state index contributed by atoms with van der Waals surface area (Å²) in [6.45, 7) is 17.8. The van der Waals surface area contributed by atoms with Crippen molar-refractivity contribution in [1.82, 2.24) is 9.97 Å². The maximum atomic E-state index is 13.7. The van der Waals surface area contributed by atoms with Crippen LogP contribution in [0.3, 0.4) is 0 Å². The van der Waals surface area contributed by atoms with Crippen LogP contribution in [0, 0.1) is 11.8 Å². The summed E-state index contributed by atoms with van der Waals surface area (Å²) in [6.07, 6.45) is 14.1. The fraction of sp³-hybridized carbons (Fsp3) is 0.587. The largest absolute Gasteiger partial charge is 0.490 e. The van der Waals surface area contributed by atoms with Crippen LogP contribution in [-0.4, -0.2) is 70.8 Å². The number of rotatable bonds is 16. The molecule has 0 bridgehead atoms. The normalized spacial score (nSPS) is 22.0. The number of sulfone groups is 1. The van der Waals surface area contributed by atoms with E-state index in [1.54, 1.807) is 12.1 Å². The Balaban J connectivity index is 1.29. The Bertz CT molecular complexity index is 2010. The van der Waals surface area contributed by atoms with E-state index in [4.69, 9.17) is 25.5 Å². The number of allylic oxidation sites excluding steroid dienone is 1. The van der Waals surface area contributed by atoms with Crippen molar-refractivity contribution in [2.75, 3.05) is 31.7 Å². The summed E-state index contributed by atoms with van der Waals surface area (Å²) in [4.78, 5) is 23.5. The lowest BCUT2D eigenvalue weighted by Crippen LogP contribution is -2.50. The minimum absolute atomic E-state index is 0.107. The lowest BCUT2D eigenvalue weighted by atomic mass is 9.69. The Labute approximate surface area is 353 Å². The monoisotopic (exact) mass is 849 g/mol. The number of methoxy groups -OCH3 is 1. The van der Waals surface area contributed by atoms with Gasteiger partial charge in [0, 0.05) is 35.9 Å². The Morgan fingerprint density at radius 2 is 1.76 bits per heavy atom. The number of carbonyl (C=O) groups excluding carboxylic acids is 1. The molecule has 1 aromatic heterocycles. The van der Waals surface area contributed by atoms with Gasteiger partial charge in [0.1, 0.15) is 5.75 Å². The molecular weight excluding hydrogens is 786 g/mol. The number of benzene rings is 2. The Hall–Kier alpha value is -3.25. The van der Waals surface area contributed by atoms with Crippen LogP contribution in [0.5, 0.6) is 5.75 Å². The number of anilines is 1. The van der Waals surface area contributed by atoms with Gasteiger partial charge in [0.25, 0.3) is 0 Å². The van der Waals surface area contributed by atoms with Crippen LogP contribution in [0.4, 0.5) is 5.69 Å². The predicted molar refractivity (Wildman–Crippen MR) is 235 cm³/mol. The molecule has 1 spiro atoms. The summed E-state index contributed by atoms with van der Waals surface area (Å²) >= 11 is 6.50. The van der Waals surface area contributed by atoms with Crippen molar-refractivity contribution >= 4 is 41.4 Å². The highest BCUT2D eigenvalue weighted by atomic mass is 35.5. The predicted octanol–water partition coefficient (Wildman–Crippen LogP) is 10.6. The first-order chi connectivity index (χ1) is 27.6. The van der Waals surface area contributed by atoms with E-state index >= 15 is 0 Å². The second-order valence-corrected chi connectivity index (χ2v) is 25.8. The topological polar surface area (TPSA) is 108 Å². The lowest BCUT2D eigenvalue weighted by Gasteiger charge is -2.45. The number of nitrogens with zero attached hydrogens (tertiary/aromatic N) is 3. The van der Waals surface area contributed by atoms with Gasteiger partial charge in [0.2, 0.25) is 23.3 Å². The molecule has 0 amide bonds. The Morgan fingerprint density at radius 1 is 1.03 bits per heavy atom. The molecule has 2 aliphatic carbocycles. The summed E-state index contributed by atoms with van der Waals surface area (Å²) in [6, 6.07) is 13.6. The zero-order valence-corrected chi connectivity index (χ0v) is 38.3. The van der Waals surface area contributed by atoms with Gasteiger partial charge in [-0.3, -0.25) is 0 Å². The number of fused-ring (bicyclic) bond motifs is 3. The highest BCUT2D eigenvalue weighted by Gasteiger charge is 2.47. The quantitative estimate of drug-likeness (QED) is 0.0602. The molecule has 2 heterocycles. The number of hydrogen-bond donors (Lipinski definition) is 0. The van der Waals surface area contributed by atoms with E-state index in [1.807, 2.05) is 25.1 Å². The molecule has 12 heteroatoms. The minimum atomic E-state index is -3.70. The summed E-state index contributed by atoms with van der Waals surface area (Å²) in [7, 11) is -4.60. The van der Waals surface area contributed by atoms with Crippen molar-refractivity contribution in [2.24, 2.45) is 11.8 Å². The molecule has 0 radical (unpaired) electrons. The fourth-order valence-corrected chi connectivity index (χ4v) is 17.7. The highest BCUT2D eigenvalue weighted by molar-refractivity contribution is 7.91. The molecular formula is C46H64ClN3O6SSi. The average Bonchev–Trinajstić information content (AvgIpc) is 3.34. The Kier molecular flexibility index (Phi) is 14.2. The van der Waals surface area contributed by atoms with E-state index in [2.05, 4.69) is 80.7 Å². The van der Waals surface area contributed by atoms with E-state index in [1.165, 1.54) is 30.6 Å². The third kappa shape index (κ3) is 9.08. The zero-order chi connectivity index (χ0) is 41.8. The van der Waals surface area contributed by atoms with Crippen molar-refractivity contribution in [3.63, 3.8) is 0 Å². The zero-order valence-electron chi connectivity index (χ0n) is 35.7. The van der Waals surface area contributed by atoms with Gasteiger partial charge in [-0.05, 0) is 127 Å². The van der Waals surface area contributed by atoms with E-state index in [9.17, 15) is 13.2 Å². The molecule has 3 aliphatic rings. The van der Waals surface area contributed by atoms with Gasteiger partial charge in [0.15, 0.2) is 0 Å². The first-order valence-electron chi connectivity index (χ1n) is 21.4. The van der Waals surface area contributed by atoms with E-state index in [-0.39, 0.29) is 22.6 Å². The number of ether oxygens (including phenoxy) is 2. The van der Waals surface area contributed by atoms with Gasteiger partial charge in [-0.2, -0.15) is 0 Å². The number of aromatic nitrogens is 2. The van der Waals surface area contributed by atoms with Gasteiger partial charge in [0.05, 0.1) is 36.3 Å². The van der Waals surface area contributed by atoms with Gasteiger partial charge in [-0.1, -0.05) is 78.3 Å². The third-order valence-electron chi connectivity index (χ3n) is 13.5. The summed E-state index contributed by atoms with van der Waals surface area (Å²) < 4.78 is 46.6. The standard InChI is InChI=1S/C46H64ClN3O6SSi/c1-9-40(57(52,53)45-48-24-11-25-49-45)20-19-39(56-58(31(2)3,32(4)5)33(6)7)18-15-34-13-14-37(34)28-50-29-46(23-10-12-35-26-38(47)17-21-41(35)46)30-55-43-22-16-36(27-42(43)50)44(51)54-8/h11,15-18,21-22,24-27,31-34,37,39-40H,9-10,12-14,19-20,23,28-30H2,1-8H3/b18-15+/t34-,37-,39+,40+,46?/m0/s1. The number of hydrogen-bond acceptors (Lipinski definition) is 9. The van der Waals surface area contributed by atoms with Crippen LogP contribution in [0.15, 0.2) is 72.2 Å². The molecule has 9 nitrogen and oxygen atoms in total. The third-order valence-corrected chi connectivity index (χ3v) is 22.0. The summed E-state index contributed by atoms with van der Waals surface area (Å²) in [5, 5.41) is 0.0446. The summed E-state index contributed by atoms with van der Waals surface area (Å²) in [5.41, 5.74) is 4.95. The van der Waals surface area contributed by atoms with Gasteiger partial charge in [-0.15, -0.1) is 0 Å². The van der Waals surface area contributed by atoms with E-state index in [0.717, 1.165) is 61.7 Å². The maximum absolute atomic E-state index is 13.7. The number of aryl methyl sites for hydroxylation is 1. The molecule has 1 unspecified atom stereocenters. The van der Waals surface area contributed by atoms with Crippen LogP contribution in [0.25, 0.3) is 0 Å². The second kappa shape index (κ2) is 18.6. The first-order valence-corrected chi connectivity index (χ1v) is 25.5. The Morgan fingerprint density at radius 3 is 2.40 bits per heavy atom. The van der Waals surface area contributed by atoms with E-state index < -0.39 is 23.4 Å². The number of halogens is 1. The molecule has 6 rings (SSSR count). The molecule has 316 valence electrons. The smallest absolute Gasteiger partial charge is 0.337 e. The van der Waals surface area contributed by atoms with Crippen LogP contribution >= 0.6 is 11.6 Å². The highest BCUT2D eigenvalue weighted by Crippen LogP contribution is 2.47. The van der Waals surface area contributed by atoms with Crippen molar-refractivity contribution in [3.05, 3.63) is 88.7 Å².